The number of hydrogen-bond donors (Lipinski definition) is 1. The third-order valence-corrected chi connectivity index (χ3v) is 4.52. The highest BCUT2D eigenvalue weighted by Crippen LogP contribution is 2.34. The zero-order valence-corrected chi connectivity index (χ0v) is 12.4. The van der Waals surface area contributed by atoms with Crippen molar-refractivity contribution < 1.29 is 22.8 Å². The topological polar surface area (TPSA) is 63.4 Å². The van der Waals surface area contributed by atoms with E-state index < -0.39 is 11.1 Å². The summed E-state index contributed by atoms with van der Waals surface area (Å²) in [5.41, 5.74) is 5.56. The first-order valence-electron chi connectivity index (χ1n) is 6.69. The number of primary amides is 1. The Labute approximate surface area is 129 Å². The SMILES string of the molecule is NC(=O)C1CCN(C(=O)/C=C/c2csc(C(F)(F)F)c2)CC1. The first kappa shape index (κ1) is 16.5. The van der Waals surface area contributed by atoms with Gasteiger partial charge in [0.05, 0.1) is 0 Å². The highest BCUT2D eigenvalue weighted by molar-refractivity contribution is 7.10. The van der Waals surface area contributed by atoms with Gasteiger partial charge >= 0.3 is 6.18 Å². The van der Waals surface area contributed by atoms with E-state index in [9.17, 15) is 22.8 Å². The van der Waals surface area contributed by atoms with E-state index in [0.29, 0.717) is 42.8 Å². The maximum Gasteiger partial charge on any atom is 0.425 e. The van der Waals surface area contributed by atoms with E-state index in [-0.39, 0.29) is 17.7 Å². The summed E-state index contributed by atoms with van der Waals surface area (Å²) in [5.74, 6) is -0.845. The number of nitrogens with two attached hydrogens (primary N) is 1. The molecular formula is C14H15F3N2O2S. The summed E-state index contributed by atoms with van der Waals surface area (Å²) in [6.07, 6.45) is -0.699. The zero-order chi connectivity index (χ0) is 16.3. The number of nitrogens with zero attached hydrogens (tertiary/aromatic N) is 1. The summed E-state index contributed by atoms with van der Waals surface area (Å²) in [5, 5.41) is 1.35. The number of carbonyl (C=O) groups excluding carboxylic acids is 2. The summed E-state index contributed by atoms with van der Waals surface area (Å²) >= 11 is 0.595. The van der Waals surface area contributed by atoms with Gasteiger partial charge in [0, 0.05) is 25.1 Å². The lowest BCUT2D eigenvalue weighted by Crippen LogP contribution is -2.41. The number of likely N-dealkylation sites (tertiary alicyclic amines) is 1. The van der Waals surface area contributed by atoms with Gasteiger partial charge in [0.15, 0.2) is 0 Å². The minimum atomic E-state index is -4.36. The molecule has 1 aromatic rings. The second-order valence-electron chi connectivity index (χ2n) is 5.08. The zero-order valence-electron chi connectivity index (χ0n) is 11.6. The molecule has 0 aromatic carbocycles. The summed E-state index contributed by atoms with van der Waals surface area (Å²) < 4.78 is 37.4. The molecule has 1 fully saturated rings. The molecule has 0 spiro atoms. The van der Waals surface area contributed by atoms with Crippen molar-refractivity contribution in [3.8, 4) is 0 Å². The van der Waals surface area contributed by atoms with Gasteiger partial charge < -0.3 is 10.6 Å². The van der Waals surface area contributed by atoms with Crippen molar-refractivity contribution in [1.29, 1.82) is 0 Å². The largest absolute Gasteiger partial charge is 0.425 e. The van der Waals surface area contributed by atoms with E-state index >= 15 is 0 Å². The number of alkyl halides is 3. The summed E-state index contributed by atoms with van der Waals surface area (Å²) in [6, 6.07) is 1.01. The Morgan fingerprint density at radius 1 is 1.32 bits per heavy atom. The maximum atomic E-state index is 12.5. The lowest BCUT2D eigenvalue weighted by Gasteiger charge is -2.29. The first-order chi connectivity index (χ1) is 10.3. The van der Waals surface area contributed by atoms with Crippen molar-refractivity contribution >= 4 is 29.2 Å². The van der Waals surface area contributed by atoms with Crippen molar-refractivity contribution in [2.45, 2.75) is 19.0 Å². The van der Waals surface area contributed by atoms with Crippen LogP contribution in [-0.2, 0) is 15.8 Å². The number of amides is 2. The average Bonchev–Trinajstić information content (AvgIpc) is 2.94. The lowest BCUT2D eigenvalue weighted by molar-refractivity contribution is -0.134. The number of thiophene rings is 1. The Bertz CT molecular complexity index is 587. The number of rotatable bonds is 3. The monoisotopic (exact) mass is 332 g/mol. The molecule has 1 aliphatic heterocycles. The van der Waals surface area contributed by atoms with E-state index in [2.05, 4.69) is 0 Å². The van der Waals surface area contributed by atoms with Crippen LogP contribution in [0.25, 0.3) is 6.08 Å². The van der Waals surface area contributed by atoms with Crippen LogP contribution in [0, 0.1) is 5.92 Å². The molecule has 2 heterocycles. The van der Waals surface area contributed by atoms with Crippen molar-refractivity contribution in [2.75, 3.05) is 13.1 Å². The molecular weight excluding hydrogens is 317 g/mol. The molecule has 2 N–H and O–H groups in total. The normalized spacial score (nSPS) is 17.1. The average molecular weight is 332 g/mol. The van der Waals surface area contributed by atoms with Gasteiger partial charge in [-0.05, 0) is 35.9 Å². The van der Waals surface area contributed by atoms with Gasteiger partial charge in [0.1, 0.15) is 4.88 Å². The van der Waals surface area contributed by atoms with Gasteiger partial charge in [-0.3, -0.25) is 9.59 Å². The molecule has 22 heavy (non-hydrogen) atoms. The minimum absolute atomic E-state index is 0.209. The van der Waals surface area contributed by atoms with Crippen LogP contribution in [0.4, 0.5) is 13.2 Å². The van der Waals surface area contributed by atoms with E-state index in [1.165, 1.54) is 17.5 Å². The second-order valence-corrected chi connectivity index (χ2v) is 5.99. The van der Waals surface area contributed by atoms with Gasteiger partial charge in [0.25, 0.3) is 0 Å². The molecule has 4 nitrogen and oxygen atoms in total. The van der Waals surface area contributed by atoms with Gasteiger partial charge in [0.2, 0.25) is 11.8 Å². The fourth-order valence-electron chi connectivity index (χ4n) is 2.24. The predicted molar refractivity (Wildman–Crippen MR) is 76.9 cm³/mol. The van der Waals surface area contributed by atoms with Crippen LogP contribution < -0.4 is 5.73 Å². The lowest BCUT2D eigenvalue weighted by atomic mass is 9.96. The molecule has 0 unspecified atom stereocenters. The van der Waals surface area contributed by atoms with Gasteiger partial charge in [-0.2, -0.15) is 13.2 Å². The Kier molecular flexibility index (Phi) is 4.90. The molecule has 0 saturated carbocycles. The molecule has 1 saturated heterocycles. The van der Waals surface area contributed by atoms with Crippen LogP contribution in [-0.4, -0.2) is 29.8 Å². The quantitative estimate of drug-likeness (QED) is 0.865. The fourth-order valence-corrected chi connectivity index (χ4v) is 2.99. The van der Waals surface area contributed by atoms with Gasteiger partial charge in [-0.1, -0.05) is 0 Å². The number of halogens is 3. The van der Waals surface area contributed by atoms with Crippen LogP contribution >= 0.6 is 11.3 Å². The Hall–Kier alpha value is -1.83. The second kappa shape index (κ2) is 6.51. The molecule has 2 rings (SSSR count). The van der Waals surface area contributed by atoms with E-state index in [1.54, 1.807) is 4.90 Å². The number of carbonyl (C=O) groups is 2. The molecule has 0 bridgehead atoms. The van der Waals surface area contributed by atoms with Crippen molar-refractivity contribution in [2.24, 2.45) is 11.7 Å². The molecule has 120 valence electrons. The Morgan fingerprint density at radius 3 is 2.45 bits per heavy atom. The van der Waals surface area contributed by atoms with Crippen LogP contribution in [0.5, 0.6) is 0 Å². The Balaban J connectivity index is 1.92. The van der Waals surface area contributed by atoms with E-state index in [1.807, 2.05) is 0 Å². The minimum Gasteiger partial charge on any atom is -0.369 e. The summed E-state index contributed by atoms with van der Waals surface area (Å²) in [7, 11) is 0. The third-order valence-electron chi connectivity index (χ3n) is 3.53. The highest BCUT2D eigenvalue weighted by atomic mass is 32.1. The Morgan fingerprint density at radius 2 is 1.95 bits per heavy atom. The standard InChI is InChI=1S/C14H15F3N2O2S/c15-14(16,17)11-7-9(8-22-11)1-2-12(20)19-5-3-10(4-6-19)13(18)21/h1-2,7-8,10H,3-6H2,(H2,18,21)/b2-1+. The number of hydrogen-bond acceptors (Lipinski definition) is 3. The number of piperidine rings is 1. The summed E-state index contributed by atoms with van der Waals surface area (Å²) in [4.78, 5) is 23.9. The van der Waals surface area contributed by atoms with Crippen molar-refractivity contribution in [3.63, 3.8) is 0 Å². The molecule has 1 aromatic heterocycles. The van der Waals surface area contributed by atoms with Crippen LogP contribution in [0.2, 0.25) is 0 Å². The van der Waals surface area contributed by atoms with Crippen LogP contribution in [0.3, 0.4) is 0 Å². The molecule has 8 heteroatoms. The summed E-state index contributed by atoms with van der Waals surface area (Å²) in [6.45, 7) is 0.850. The predicted octanol–water partition coefficient (Wildman–Crippen LogP) is 2.50. The molecule has 1 aliphatic rings. The molecule has 0 atom stereocenters. The van der Waals surface area contributed by atoms with E-state index in [0.717, 1.165) is 6.07 Å². The van der Waals surface area contributed by atoms with Gasteiger partial charge in [-0.15, -0.1) is 11.3 Å². The van der Waals surface area contributed by atoms with Crippen molar-refractivity contribution in [3.05, 3.63) is 28.0 Å². The van der Waals surface area contributed by atoms with Crippen LogP contribution in [0.1, 0.15) is 23.3 Å². The van der Waals surface area contributed by atoms with Gasteiger partial charge in [-0.25, -0.2) is 0 Å². The maximum absolute atomic E-state index is 12.5. The first-order valence-corrected chi connectivity index (χ1v) is 7.57. The fraction of sp³-hybridized carbons (Fsp3) is 0.429. The highest BCUT2D eigenvalue weighted by Gasteiger charge is 2.32. The third kappa shape index (κ3) is 4.09. The molecule has 0 aliphatic carbocycles. The molecule has 2 amide bonds. The smallest absolute Gasteiger partial charge is 0.369 e. The van der Waals surface area contributed by atoms with E-state index in [4.69, 9.17) is 5.73 Å². The molecule has 0 radical (unpaired) electrons. The van der Waals surface area contributed by atoms with Crippen LogP contribution in [0.15, 0.2) is 17.5 Å². The van der Waals surface area contributed by atoms with Crippen molar-refractivity contribution in [1.82, 2.24) is 4.90 Å².